The van der Waals surface area contributed by atoms with Crippen molar-refractivity contribution in [2.45, 2.75) is 24.0 Å². The van der Waals surface area contributed by atoms with Gasteiger partial charge in [0.2, 0.25) is 11.8 Å². The number of nitrogens with zero attached hydrogens (tertiary/aromatic N) is 2. The van der Waals surface area contributed by atoms with Gasteiger partial charge in [-0.25, -0.2) is 4.39 Å². The molecule has 3 rings (SSSR count). The molecule has 1 heterocycles. The van der Waals surface area contributed by atoms with Gasteiger partial charge in [0.25, 0.3) is 5.22 Å². The lowest BCUT2D eigenvalue weighted by Gasteiger charge is -2.13. The molecule has 6 nitrogen and oxygen atoms in total. The van der Waals surface area contributed by atoms with Gasteiger partial charge in [0.05, 0.1) is 10.9 Å². The highest BCUT2D eigenvalue weighted by Gasteiger charge is 2.20. The number of rotatable bonds is 7. The lowest BCUT2D eigenvalue weighted by atomic mass is 10.2. The van der Waals surface area contributed by atoms with Crippen LogP contribution in [0.15, 0.2) is 58.2 Å². The highest BCUT2D eigenvalue weighted by atomic mass is 32.2. The van der Waals surface area contributed by atoms with Gasteiger partial charge in [-0.05, 0) is 43.3 Å². The molecule has 0 saturated carbocycles. The average Bonchev–Trinajstić information content (AvgIpc) is 3.12. The van der Waals surface area contributed by atoms with Crippen molar-refractivity contribution in [3.63, 3.8) is 0 Å². The fraction of sp³-hybridized carbons (Fsp3) is 0.167. The van der Waals surface area contributed by atoms with Crippen molar-refractivity contribution in [2.24, 2.45) is 0 Å². The Hall–Kier alpha value is -3.01. The fourth-order valence-electron chi connectivity index (χ4n) is 2.17. The van der Waals surface area contributed by atoms with Crippen molar-refractivity contribution < 1.29 is 27.1 Å². The van der Waals surface area contributed by atoms with Crippen molar-refractivity contribution >= 4 is 23.4 Å². The Kier molecular flexibility index (Phi) is 6.19. The number of amides is 1. The molecule has 0 unspecified atom stereocenters. The predicted molar refractivity (Wildman–Crippen MR) is 96.7 cm³/mol. The topological polar surface area (TPSA) is 77.2 Å². The van der Waals surface area contributed by atoms with Gasteiger partial charge in [0, 0.05) is 5.56 Å². The molecule has 1 atom stereocenters. The van der Waals surface area contributed by atoms with E-state index in [1.165, 1.54) is 42.5 Å². The number of carbonyl (C=O) groups is 1. The number of nitrogens with one attached hydrogen (secondary N) is 1. The van der Waals surface area contributed by atoms with Crippen molar-refractivity contribution in [3.05, 3.63) is 54.3 Å². The molecule has 10 heteroatoms. The van der Waals surface area contributed by atoms with Gasteiger partial charge in [0.1, 0.15) is 11.6 Å². The number of anilines is 1. The fourth-order valence-corrected chi connectivity index (χ4v) is 2.86. The summed E-state index contributed by atoms with van der Waals surface area (Å²) in [6, 6.07) is 11.4. The number of alkyl halides is 2. The summed E-state index contributed by atoms with van der Waals surface area (Å²) in [5.74, 6) is -0.804. The molecule has 2 aromatic carbocycles. The number of hydrogen-bond acceptors (Lipinski definition) is 6. The lowest BCUT2D eigenvalue weighted by Crippen LogP contribution is -2.23. The normalized spacial score (nSPS) is 12.0. The maximum Gasteiger partial charge on any atom is 0.387 e. The molecule has 0 saturated heterocycles. The first-order chi connectivity index (χ1) is 13.4. The Morgan fingerprint density at radius 3 is 2.57 bits per heavy atom. The summed E-state index contributed by atoms with van der Waals surface area (Å²) >= 11 is 0.994. The maximum absolute atomic E-state index is 13.0. The van der Waals surface area contributed by atoms with Crippen LogP contribution in [0.1, 0.15) is 6.92 Å². The molecule has 28 heavy (non-hydrogen) atoms. The first-order valence-corrected chi connectivity index (χ1v) is 8.91. The van der Waals surface area contributed by atoms with Crippen LogP contribution in [0.3, 0.4) is 0 Å². The maximum atomic E-state index is 13.0. The third kappa shape index (κ3) is 5.03. The number of ether oxygens (including phenoxy) is 1. The number of aromatic nitrogens is 2. The molecule has 1 N–H and O–H groups in total. The van der Waals surface area contributed by atoms with Crippen LogP contribution < -0.4 is 10.1 Å². The monoisotopic (exact) mass is 409 g/mol. The van der Waals surface area contributed by atoms with E-state index in [2.05, 4.69) is 20.3 Å². The molecule has 0 spiro atoms. The number of carbonyl (C=O) groups excluding carboxylic acids is 1. The van der Waals surface area contributed by atoms with Crippen LogP contribution in [0.5, 0.6) is 5.75 Å². The molecule has 3 aromatic rings. The van der Waals surface area contributed by atoms with Crippen LogP contribution in [0.2, 0.25) is 0 Å². The third-order valence-corrected chi connectivity index (χ3v) is 4.44. The van der Waals surface area contributed by atoms with Gasteiger partial charge in [-0.3, -0.25) is 4.79 Å². The molecular formula is C18H14F3N3O3S. The van der Waals surface area contributed by atoms with E-state index in [0.717, 1.165) is 11.8 Å². The summed E-state index contributed by atoms with van der Waals surface area (Å²) in [4.78, 5) is 12.4. The number of benzene rings is 2. The summed E-state index contributed by atoms with van der Waals surface area (Å²) in [5, 5.41) is 9.72. The van der Waals surface area contributed by atoms with E-state index < -0.39 is 17.8 Å². The SMILES string of the molecule is C[C@@H](Sc1nnc(-c2ccc(F)cc2)o1)C(=O)Nc1ccccc1OC(F)F. The quantitative estimate of drug-likeness (QED) is 0.575. The molecule has 146 valence electrons. The summed E-state index contributed by atoms with van der Waals surface area (Å²) in [5.41, 5.74) is 0.661. The second-order valence-corrected chi connectivity index (χ2v) is 6.80. The Morgan fingerprint density at radius 2 is 1.86 bits per heavy atom. The number of hydrogen-bond donors (Lipinski definition) is 1. The molecule has 0 aliphatic rings. The van der Waals surface area contributed by atoms with Gasteiger partial charge in [-0.2, -0.15) is 8.78 Å². The first-order valence-electron chi connectivity index (χ1n) is 8.03. The third-order valence-electron chi connectivity index (χ3n) is 3.51. The van der Waals surface area contributed by atoms with Gasteiger partial charge >= 0.3 is 6.61 Å². The largest absolute Gasteiger partial charge is 0.433 e. The summed E-state index contributed by atoms with van der Waals surface area (Å²) < 4.78 is 47.8. The summed E-state index contributed by atoms with van der Waals surface area (Å²) in [6.07, 6.45) is 0. The van der Waals surface area contributed by atoms with E-state index in [0.29, 0.717) is 5.56 Å². The predicted octanol–water partition coefficient (Wildman–Crippen LogP) is 4.60. The van der Waals surface area contributed by atoms with E-state index in [9.17, 15) is 18.0 Å². The van der Waals surface area contributed by atoms with Gasteiger partial charge < -0.3 is 14.5 Å². The van der Waals surface area contributed by atoms with E-state index in [1.807, 2.05) is 0 Å². The average molecular weight is 409 g/mol. The van der Waals surface area contributed by atoms with Gasteiger partial charge in [-0.15, -0.1) is 10.2 Å². The van der Waals surface area contributed by atoms with Crippen LogP contribution in [-0.4, -0.2) is 28.0 Å². The Balaban J connectivity index is 1.64. The first kappa shape index (κ1) is 19.7. The second-order valence-electron chi connectivity index (χ2n) is 5.50. The van der Waals surface area contributed by atoms with E-state index in [-0.39, 0.29) is 28.4 Å². The van der Waals surface area contributed by atoms with Crippen molar-refractivity contribution in [3.8, 4) is 17.2 Å². The molecule has 0 fully saturated rings. The minimum absolute atomic E-state index is 0.123. The van der Waals surface area contributed by atoms with E-state index in [4.69, 9.17) is 4.42 Å². The Morgan fingerprint density at radius 1 is 1.14 bits per heavy atom. The number of halogens is 3. The molecule has 0 bridgehead atoms. The number of thioether (sulfide) groups is 1. The highest BCUT2D eigenvalue weighted by Crippen LogP contribution is 2.29. The van der Waals surface area contributed by atoms with Crippen molar-refractivity contribution in [2.75, 3.05) is 5.32 Å². The Labute approximate surface area is 162 Å². The molecular weight excluding hydrogens is 395 g/mol. The van der Waals surface area contributed by atoms with Crippen LogP contribution in [0.4, 0.5) is 18.9 Å². The lowest BCUT2D eigenvalue weighted by molar-refractivity contribution is -0.115. The van der Waals surface area contributed by atoms with Crippen LogP contribution in [-0.2, 0) is 4.79 Å². The molecule has 0 radical (unpaired) electrons. The molecule has 1 aromatic heterocycles. The van der Waals surface area contributed by atoms with Crippen molar-refractivity contribution in [1.29, 1.82) is 0 Å². The molecule has 0 aliphatic carbocycles. The zero-order valence-corrected chi connectivity index (χ0v) is 15.3. The van der Waals surface area contributed by atoms with Gasteiger partial charge in [-0.1, -0.05) is 23.9 Å². The second kappa shape index (κ2) is 8.79. The van der Waals surface area contributed by atoms with Crippen LogP contribution in [0.25, 0.3) is 11.5 Å². The minimum atomic E-state index is -3.01. The van der Waals surface area contributed by atoms with Crippen LogP contribution >= 0.6 is 11.8 Å². The highest BCUT2D eigenvalue weighted by molar-refractivity contribution is 8.00. The van der Waals surface area contributed by atoms with E-state index in [1.54, 1.807) is 13.0 Å². The minimum Gasteiger partial charge on any atom is -0.433 e. The molecule has 1 amide bonds. The van der Waals surface area contributed by atoms with Gasteiger partial charge in [0.15, 0.2) is 0 Å². The summed E-state index contributed by atoms with van der Waals surface area (Å²) in [7, 11) is 0. The summed E-state index contributed by atoms with van der Waals surface area (Å²) in [6.45, 7) is -1.41. The Bertz CT molecular complexity index is 951. The molecule has 0 aliphatic heterocycles. The zero-order valence-electron chi connectivity index (χ0n) is 14.4. The van der Waals surface area contributed by atoms with Crippen molar-refractivity contribution in [1.82, 2.24) is 10.2 Å². The zero-order chi connectivity index (χ0) is 20.1. The standard InChI is InChI=1S/C18H14F3N3O3S/c1-10(15(25)22-13-4-2-3-5-14(13)26-17(20)21)28-18-24-23-16(27-18)11-6-8-12(19)9-7-11/h2-10,17H,1H3,(H,22,25)/t10-/m1/s1. The smallest absolute Gasteiger partial charge is 0.387 e. The van der Waals surface area contributed by atoms with Crippen LogP contribution in [0, 0.1) is 5.82 Å². The number of para-hydroxylation sites is 2. The van der Waals surface area contributed by atoms with E-state index >= 15 is 0 Å².